The van der Waals surface area contributed by atoms with Gasteiger partial charge in [-0.3, -0.25) is 14.7 Å². The number of carboxylic acids is 1. The Morgan fingerprint density at radius 2 is 2.22 bits per heavy atom. The molecule has 5 heteroatoms. The molecular weight excluding hydrogens is 232 g/mol. The predicted molar refractivity (Wildman–Crippen MR) is 66.4 cm³/mol. The molecule has 1 aromatic rings. The Hall–Kier alpha value is -1.46. The standard InChI is InChI=1S/C13H18N2O3/c1-10-2-3-11(9-14-10)12(8-13(16)17)15-4-6-18-7-5-15/h2-3,9,12H,4-8H2,1H3,(H,16,17). The Kier molecular flexibility index (Phi) is 4.28. The van der Waals surface area contributed by atoms with Crippen LogP contribution < -0.4 is 0 Å². The second-order valence-electron chi connectivity index (χ2n) is 4.49. The molecule has 18 heavy (non-hydrogen) atoms. The summed E-state index contributed by atoms with van der Waals surface area (Å²) < 4.78 is 5.31. The summed E-state index contributed by atoms with van der Waals surface area (Å²) >= 11 is 0. The molecule has 0 saturated carbocycles. The van der Waals surface area contributed by atoms with Crippen molar-refractivity contribution in [2.45, 2.75) is 19.4 Å². The van der Waals surface area contributed by atoms with Crippen LogP contribution in [0, 0.1) is 6.92 Å². The zero-order chi connectivity index (χ0) is 13.0. The summed E-state index contributed by atoms with van der Waals surface area (Å²) in [5.74, 6) is -0.785. The van der Waals surface area contributed by atoms with E-state index >= 15 is 0 Å². The van der Waals surface area contributed by atoms with Gasteiger partial charge in [0.05, 0.1) is 19.6 Å². The molecule has 0 spiro atoms. The molecule has 0 bridgehead atoms. The zero-order valence-corrected chi connectivity index (χ0v) is 10.5. The molecule has 98 valence electrons. The van der Waals surface area contributed by atoms with E-state index in [0.717, 1.165) is 24.3 Å². The largest absolute Gasteiger partial charge is 0.481 e. The van der Waals surface area contributed by atoms with E-state index in [1.165, 1.54) is 0 Å². The molecule has 2 rings (SSSR count). The first kappa shape index (κ1) is 13.0. The topological polar surface area (TPSA) is 62.7 Å². The maximum absolute atomic E-state index is 11.0. The average Bonchev–Trinajstić information content (AvgIpc) is 2.38. The first-order valence-electron chi connectivity index (χ1n) is 6.13. The summed E-state index contributed by atoms with van der Waals surface area (Å²) in [5.41, 5.74) is 1.90. The van der Waals surface area contributed by atoms with E-state index in [0.29, 0.717) is 13.2 Å². The number of aliphatic carboxylic acids is 1. The van der Waals surface area contributed by atoms with E-state index in [1.54, 1.807) is 6.20 Å². The number of nitrogens with zero attached hydrogens (tertiary/aromatic N) is 2. The fourth-order valence-electron chi connectivity index (χ4n) is 2.19. The van der Waals surface area contributed by atoms with Gasteiger partial charge in [-0.1, -0.05) is 6.07 Å². The van der Waals surface area contributed by atoms with Crippen LogP contribution >= 0.6 is 0 Å². The second kappa shape index (κ2) is 5.93. The Bertz CT molecular complexity index is 399. The zero-order valence-electron chi connectivity index (χ0n) is 10.5. The van der Waals surface area contributed by atoms with E-state index in [9.17, 15) is 4.79 Å². The van der Waals surface area contributed by atoms with Crippen LogP contribution in [0.15, 0.2) is 18.3 Å². The molecule has 0 aliphatic carbocycles. The molecule has 1 unspecified atom stereocenters. The highest BCUT2D eigenvalue weighted by molar-refractivity contribution is 5.67. The van der Waals surface area contributed by atoms with E-state index in [4.69, 9.17) is 9.84 Å². The minimum atomic E-state index is -0.785. The summed E-state index contributed by atoms with van der Waals surface area (Å²) in [5, 5.41) is 9.05. The second-order valence-corrected chi connectivity index (χ2v) is 4.49. The monoisotopic (exact) mass is 250 g/mol. The van der Waals surface area contributed by atoms with Gasteiger partial charge < -0.3 is 9.84 Å². The minimum Gasteiger partial charge on any atom is -0.481 e. The first-order valence-corrected chi connectivity index (χ1v) is 6.13. The first-order chi connectivity index (χ1) is 8.66. The van der Waals surface area contributed by atoms with Gasteiger partial charge in [0.25, 0.3) is 0 Å². The Balaban J connectivity index is 2.17. The number of hydrogen-bond donors (Lipinski definition) is 1. The minimum absolute atomic E-state index is 0.102. The number of ether oxygens (including phenoxy) is 1. The highest BCUT2D eigenvalue weighted by atomic mass is 16.5. The number of aromatic nitrogens is 1. The molecule has 1 N–H and O–H groups in total. The third-order valence-electron chi connectivity index (χ3n) is 3.17. The normalized spacial score (nSPS) is 18.5. The third kappa shape index (κ3) is 3.27. The summed E-state index contributed by atoms with van der Waals surface area (Å²) in [6, 6.07) is 3.77. The lowest BCUT2D eigenvalue weighted by Gasteiger charge is -2.33. The van der Waals surface area contributed by atoms with Crippen molar-refractivity contribution in [1.29, 1.82) is 0 Å². The smallest absolute Gasteiger partial charge is 0.305 e. The number of morpholine rings is 1. The summed E-state index contributed by atoms with van der Waals surface area (Å²) in [4.78, 5) is 17.4. The van der Waals surface area contributed by atoms with Crippen LogP contribution in [0.25, 0.3) is 0 Å². The number of hydrogen-bond acceptors (Lipinski definition) is 4. The van der Waals surface area contributed by atoms with Crippen molar-refractivity contribution in [3.8, 4) is 0 Å². The molecule has 5 nitrogen and oxygen atoms in total. The lowest BCUT2D eigenvalue weighted by molar-refractivity contribution is -0.139. The number of aryl methyl sites for hydroxylation is 1. The van der Waals surface area contributed by atoms with Crippen LogP contribution in [0.5, 0.6) is 0 Å². The fourth-order valence-corrected chi connectivity index (χ4v) is 2.19. The molecule has 0 amide bonds. The lowest BCUT2D eigenvalue weighted by Crippen LogP contribution is -2.39. The highest BCUT2D eigenvalue weighted by Gasteiger charge is 2.25. The van der Waals surface area contributed by atoms with Crippen molar-refractivity contribution in [1.82, 2.24) is 9.88 Å². The van der Waals surface area contributed by atoms with E-state index < -0.39 is 5.97 Å². The van der Waals surface area contributed by atoms with Gasteiger partial charge in [0, 0.05) is 31.0 Å². The van der Waals surface area contributed by atoms with Crippen molar-refractivity contribution < 1.29 is 14.6 Å². The van der Waals surface area contributed by atoms with Gasteiger partial charge in [-0.25, -0.2) is 0 Å². The van der Waals surface area contributed by atoms with Crippen LogP contribution in [-0.4, -0.2) is 47.3 Å². The van der Waals surface area contributed by atoms with Crippen LogP contribution in [-0.2, 0) is 9.53 Å². The molecule has 1 aliphatic rings. The predicted octanol–water partition coefficient (Wildman–Crippen LogP) is 1.24. The number of carboxylic acid groups (broad SMARTS) is 1. The summed E-state index contributed by atoms with van der Waals surface area (Å²) in [6.07, 6.45) is 1.88. The van der Waals surface area contributed by atoms with Crippen molar-refractivity contribution in [3.63, 3.8) is 0 Å². The van der Waals surface area contributed by atoms with Gasteiger partial charge in [0.2, 0.25) is 0 Å². The maximum Gasteiger partial charge on any atom is 0.305 e. The summed E-state index contributed by atoms with van der Waals surface area (Å²) in [6.45, 7) is 4.78. The van der Waals surface area contributed by atoms with E-state index in [-0.39, 0.29) is 12.5 Å². The van der Waals surface area contributed by atoms with Gasteiger partial charge in [0.15, 0.2) is 0 Å². The van der Waals surface area contributed by atoms with Crippen LogP contribution in [0.1, 0.15) is 23.7 Å². The lowest BCUT2D eigenvalue weighted by atomic mass is 10.0. The molecule has 1 aromatic heterocycles. The van der Waals surface area contributed by atoms with Gasteiger partial charge in [-0.05, 0) is 18.6 Å². The van der Waals surface area contributed by atoms with E-state index in [2.05, 4.69) is 9.88 Å². The Morgan fingerprint density at radius 1 is 1.50 bits per heavy atom. The van der Waals surface area contributed by atoms with Gasteiger partial charge in [-0.2, -0.15) is 0 Å². The highest BCUT2D eigenvalue weighted by Crippen LogP contribution is 2.24. The van der Waals surface area contributed by atoms with Crippen molar-refractivity contribution >= 4 is 5.97 Å². The Morgan fingerprint density at radius 3 is 2.78 bits per heavy atom. The molecular formula is C13H18N2O3. The molecule has 0 radical (unpaired) electrons. The molecule has 1 atom stereocenters. The fraction of sp³-hybridized carbons (Fsp3) is 0.538. The molecule has 1 fully saturated rings. The van der Waals surface area contributed by atoms with Crippen molar-refractivity contribution in [2.75, 3.05) is 26.3 Å². The van der Waals surface area contributed by atoms with Gasteiger partial charge >= 0.3 is 5.97 Å². The molecule has 1 aliphatic heterocycles. The quantitative estimate of drug-likeness (QED) is 0.871. The molecule has 2 heterocycles. The third-order valence-corrected chi connectivity index (χ3v) is 3.17. The van der Waals surface area contributed by atoms with E-state index in [1.807, 2.05) is 19.1 Å². The molecule has 0 aromatic carbocycles. The van der Waals surface area contributed by atoms with Crippen LogP contribution in [0.3, 0.4) is 0 Å². The number of pyridine rings is 1. The SMILES string of the molecule is Cc1ccc(C(CC(=O)O)N2CCOCC2)cn1. The van der Waals surface area contributed by atoms with Crippen LogP contribution in [0.2, 0.25) is 0 Å². The van der Waals surface area contributed by atoms with Gasteiger partial charge in [-0.15, -0.1) is 0 Å². The number of rotatable bonds is 4. The van der Waals surface area contributed by atoms with Gasteiger partial charge in [0.1, 0.15) is 0 Å². The van der Waals surface area contributed by atoms with Crippen molar-refractivity contribution in [3.05, 3.63) is 29.6 Å². The summed E-state index contributed by atoms with van der Waals surface area (Å²) in [7, 11) is 0. The van der Waals surface area contributed by atoms with Crippen molar-refractivity contribution in [2.24, 2.45) is 0 Å². The Labute approximate surface area is 106 Å². The maximum atomic E-state index is 11.0. The average molecular weight is 250 g/mol. The van der Waals surface area contributed by atoms with Crippen LogP contribution in [0.4, 0.5) is 0 Å². The molecule has 1 saturated heterocycles. The number of carbonyl (C=O) groups is 1.